The van der Waals surface area contributed by atoms with Crippen molar-refractivity contribution >= 4 is 15.7 Å². The summed E-state index contributed by atoms with van der Waals surface area (Å²) in [7, 11) is 0.408. The lowest BCUT2D eigenvalue weighted by atomic mass is 10.2. The van der Waals surface area contributed by atoms with Gasteiger partial charge in [-0.15, -0.1) is 0 Å². The molecule has 2 heterocycles. The van der Waals surface area contributed by atoms with Crippen molar-refractivity contribution in [2.24, 2.45) is 0 Å². The molecule has 1 amide bonds. The van der Waals surface area contributed by atoms with Crippen LogP contribution in [0.1, 0.15) is 12.1 Å². The number of amides is 1. The third-order valence-corrected chi connectivity index (χ3v) is 5.47. The summed E-state index contributed by atoms with van der Waals surface area (Å²) in [6.45, 7) is 0.483. The second-order valence-corrected chi connectivity index (χ2v) is 7.66. The first-order chi connectivity index (χ1) is 10.4. The van der Waals surface area contributed by atoms with E-state index in [1.54, 1.807) is 37.4 Å². The van der Waals surface area contributed by atoms with Crippen molar-refractivity contribution in [1.82, 2.24) is 15.2 Å². The Bertz CT molecular complexity index is 633. The van der Waals surface area contributed by atoms with Crippen LogP contribution in [-0.4, -0.2) is 62.5 Å². The Labute approximate surface area is 130 Å². The number of methoxy groups -OCH3 is 1. The van der Waals surface area contributed by atoms with Gasteiger partial charge in [0.15, 0.2) is 9.84 Å². The first kappa shape index (κ1) is 16.7. The van der Waals surface area contributed by atoms with Crippen LogP contribution in [-0.2, 0) is 21.2 Å². The van der Waals surface area contributed by atoms with E-state index < -0.39 is 9.84 Å². The van der Waals surface area contributed by atoms with Gasteiger partial charge < -0.3 is 10.1 Å². The number of rotatable bonds is 6. The van der Waals surface area contributed by atoms with Crippen LogP contribution in [0.15, 0.2) is 18.3 Å². The Balaban J connectivity index is 1.80. The monoisotopic (exact) mass is 327 g/mol. The smallest absolute Gasteiger partial charge is 0.234 e. The summed E-state index contributed by atoms with van der Waals surface area (Å²) in [5, 5.41) is 2.78. The molecule has 8 heteroatoms. The number of likely N-dealkylation sites (N-methyl/N-ethyl adjacent to an activating group) is 1. The second-order valence-electron chi connectivity index (χ2n) is 5.44. The van der Waals surface area contributed by atoms with Crippen molar-refractivity contribution in [3.05, 3.63) is 24.0 Å². The fourth-order valence-corrected chi connectivity index (χ4v) is 4.21. The van der Waals surface area contributed by atoms with Gasteiger partial charge in [-0.05, 0) is 19.5 Å². The maximum Gasteiger partial charge on any atom is 0.234 e. The van der Waals surface area contributed by atoms with E-state index in [2.05, 4.69) is 10.3 Å². The Morgan fingerprint density at radius 2 is 2.32 bits per heavy atom. The number of pyridine rings is 1. The number of carbonyl (C=O) groups excluding carboxylic acids is 1. The van der Waals surface area contributed by atoms with E-state index >= 15 is 0 Å². The normalized spacial score (nSPS) is 20.0. The third kappa shape index (κ3) is 4.67. The van der Waals surface area contributed by atoms with Crippen LogP contribution >= 0.6 is 0 Å². The molecule has 7 nitrogen and oxygen atoms in total. The number of carbonyl (C=O) groups is 1. The topological polar surface area (TPSA) is 88.6 Å². The molecule has 1 atom stereocenters. The summed E-state index contributed by atoms with van der Waals surface area (Å²) < 4.78 is 28.0. The lowest BCUT2D eigenvalue weighted by Gasteiger charge is -2.22. The number of hydrogen-bond donors (Lipinski definition) is 1. The highest BCUT2D eigenvalue weighted by Crippen LogP contribution is 2.16. The number of hydrogen-bond acceptors (Lipinski definition) is 6. The molecule has 1 aliphatic heterocycles. The van der Waals surface area contributed by atoms with E-state index in [4.69, 9.17) is 4.74 Å². The second kappa shape index (κ2) is 7.06. The lowest BCUT2D eigenvalue weighted by molar-refractivity contribution is -0.122. The van der Waals surface area contributed by atoms with Crippen molar-refractivity contribution in [1.29, 1.82) is 0 Å². The maximum absolute atomic E-state index is 11.9. The van der Waals surface area contributed by atoms with Crippen LogP contribution in [0.3, 0.4) is 0 Å². The molecule has 0 unspecified atom stereocenters. The standard InChI is InChI=1S/C14H21N3O4S/c1-17(12-4-6-22(19,20)10-12)9-14(18)16-8-11-7-13(21-2)3-5-15-11/h3,5,7,12H,4,6,8-10H2,1-2H3,(H,16,18)/t12-/m1/s1. The van der Waals surface area contributed by atoms with Crippen LogP contribution in [0.2, 0.25) is 0 Å². The van der Waals surface area contributed by atoms with Gasteiger partial charge in [0, 0.05) is 18.3 Å². The molecule has 0 bridgehead atoms. The average Bonchev–Trinajstić information content (AvgIpc) is 2.85. The predicted molar refractivity (Wildman–Crippen MR) is 82.3 cm³/mol. The summed E-state index contributed by atoms with van der Waals surface area (Å²) in [5.41, 5.74) is 0.707. The summed E-state index contributed by atoms with van der Waals surface area (Å²) in [5.74, 6) is 0.870. The Morgan fingerprint density at radius 3 is 2.95 bits per heavy atom. The zero-order valence-corrected chi connectivity index (χ0v) is 13.6. The molecule has 1 aromatic heterocycles. The van der Waals surface area contributed by atoms with Gasteiger partial charge in [-0.2, -0.15) is 0 Å². The van der Waals surface area contributed by atoms with Gasteiger partial charge in [-0.25, -0.2) is 8.42 Å². The first-order valence-electron chi connectivity index (χ1n) is 7.06. The molecule has 0 aromatic carbocycles. The number of nitrogens with one attached hydrogen (secondary N) is 1. The van der Waals surface area contributed by atoms with Crippen LogP contribution in [0.25, 0.3) is 0 Å². The highest BCUT2D eigenvalue weighted by molar-refractivity contribution is 7.91. The number of sulfone groups is 1. The number of ether oxygens (including phenoxy) is 1. The van der Waals surface area contributed by atoms with Crippen molar-refractivity contribution in [2.45, 2.75) is 19.0 Å². The molecular formula is C14H21N3O4S. The van der Waals surface area contributed by atoms with Gasteiger partial charge in [-0.1, -0.05) is 0 Å². The SMILES string of the molecule is COc1ccnc(CNC(=O)CN(C)[C@@H]2CCS(=O)(=O)C2)c1. The fraction of sp³-hybridized carbons (Fsp3) is 0.571. The Hall–Kier alpha value is -1.67. The van der Waals surface area contributed by atoms with E-state index in [0.29, 0.717) is 24.4 Å². The third-order valence-electron chi connectivity index (χ3n) is 3.72. The van der Waals surface area contributed by atoms with Crippen LogP contribution in [0.4, 0.5) is 0 Å². The molecule has 22 heavy (non-hydrogen) atoms. The van der Waals surface area contributed by atoms with Crippen LogP contribution in [0, 0.1) is 0 Å². The molecule has 1 aromatic rings. The molecule has 1 fully saturated rings. The molecule has 2 rings (SSSR count). The first-order valence-corrected chi connectivity index (χ1v) is 8.88. The molecule has 0 saturated carbocycles. The Kier molecular flexibility index (Phi) is 5.36. The highest BCUT2D eigenvalue weighted by atomic mass is 32.2. The van der Waals surface area contributed by atoms with Gasteiger partial charge in [0.2, 0.25) is 5.91 Å². The minimum atomic E-state index is -2.94. The minimum Gasteiger partial charge on any atom is -0.497 e. The molecule has 0 spiro atoms. The van der Waals surface area contributed by atoms with Gasteiger partial charge >= 0.3 is 0 Å². The molecule has 0 aliphatic carbocycles. The highest BCUT2D eigenvalue weighted by Gasteiger charge is 2.31. The molecule has 1 N–H and O–H groups in total. The maximum atomic E-state index is 11.9. The summed E-state index contributed by atoms with van der Waals surface area (Å²) in [6.07, 6.45) is 2.21. The van der Waals surface area contributed by atoms with Crippen LogP contribution < -0.4 is 10.1 Å². The van der Waals surface area contributed by atoms with Crippen LogP contribution in [0.5, 0.6) is 5.75 Å². The summed E-state index contributed by atoms with van der Waals surface area (Å²) in [6, 6.07) is 3.42. The molecule has 122 valence electrons. The molecule has 1 aliphatic rings. The van der Waals surface area contributed by atoms with Crippen molar-refractivity contribution in [3.63, 3.8) is 0 Å². The van der Waals surface area contributed by atoms with E-state index in [1.165, 1.54) is 0 Å². The molecule has 0 radical (unpaired) electrons. The van der Waals surface area contributed by atoms with E-state index in [9.17, 15) is 13.2 Å². The molecular weight excluding hydrogens is 306 g/mol. The minimum absolute atomic E-state index is 0.0781. The van der Waals surface area contributed by atoms with E-state index in [-0.39, 0.29) is 30.0 Å². The number of aromatic nitrogens is 1. The zero-order chi connectivity index (χ0) is 16.2. The van der Waals surface area contributed by atoms with Crippen molar-refractivity contribution in [2.75, 3.05) is 32.2 Å². The van der Waals surface area contributed by atoms with Crippen molar-refractivity contribution in [3.8, 4) is 5.75 Å². The summed E-state index contributed by atoms with van der Waals surface area (Å²) >= 11 is 0. The molecule has 1 saturated heterocycles. The Morgan fingerprint density at radius 1 is 1.55 bits per heavy atom. The van der Waals surface area contributed by atoms with E-state index in [0.717, 1.165) is 0 Å². The van der Waals surface area contributed by atoms with E-state index in [1.807, 2.05) is 0 Å². The number of nitrogens with zero attached hydrogens (tertiary/aromatic N) is 2. The van der Waals surface area contributed by atoms with Gasteiger partial charge in [-0.3, -0.25) is 14.7 Å². The quantitative estimate of drug-likeness (QED) is 0.780. The van der Waals surface area contributed by atoms with Gasteiger partial charge in [0.05, 0.1) is 37.4 Å². The largest absolute Gasteiger partial charge is 0.497 e. The average molecular weight is 327 g/mol. The fourth-order valence-electron chi connectivity index (χ4n) is 2.40. The van der Waals surface area contributed by atoms with Crippen molar-refractivity contribution < 1.29 is 17.9 Å². The predicted octanol–water partition coefficient (Wildman–Crippen LogP) is -0.175. The summed E-state index contributed by atoms with van der Waals surface area (Å²) in [4.78, 5) is 17.9. The zero-order valence-electron chi connectivity index (χ0n) is 12.8. The lowest BCUT2D eigenvalue weighted by Crippen LogP contribution is -2.41. The van der Waals surface area contributed by atoms with Gasteiger partial charge in [0.1, 0.15) is 5.75 Å². The van der Waals surface area contributed by atoms with Gasteiger partial charge in [0.25, 0.3) is 0 Å².